The van der Waals surface area contributed by atoms with Crippen LogP contribution in [0.3, 0.4) is 0 Å². The van der Waals surface area contributed by atoms with E-state index in [1.807, 2.05) is 64.2 Å². The first-order chi connectivity index (χ1) is 53.1. The maximum absolute atomic E-state index is 15.3. The molecule has 4 bridgehead atoms. The fraction of sp³-hybridized carbons (Fsp3) is 0.791. The average Bonchev–Trinajstić information content (AvgIpc) is 0.788. The van der Waals surface area contributed by atoms with Crippen LogP contribution in [-0.2, 0) is 85.7 Å². The van der Waals surface area contributed by atoms with E-state index in [0.29, 0.717) is 101 Å². The second-order valence-corrected chi connectivity index (χ2v) is 34.4. The highest BCUT2D eigenvalue weighted by atomic mass is 16.7. The molecule has 0 aromatic heterocycles. The van der Waals surface area contributed by atoms with Gasteiger partial charge in [0.25, 0.3) is 23.4 Å². The topological polar surface area (TPSA) is 357 Å². The van der Waals surface area contributed by atoms with Crippen LogP contribution in [0.25, 0.3) is 0 Å². The molecule has 6 fully saturated rings. The number of ketones is 4. The van der Waals surface area contributed by atoms with Crippen LogP contribution in [0.4, 0.5) is 0 Å². The van der Waals surface area contributed by atoms with Crippen LogP contribution in [0.15, 0.2) is 58.7 Å². The summed E-state index contributed by atoms with van der Waals surface area (Å²) in [6.45, 7) is 17.9. The Morgan fingerprint density at radius 2 is 0.795 bits per heavy atom. The molecule has 2 amide bonds. The van der Waals surface area contributed by atoms with Gasteiger partial charge in [0.15, 0.2) is 0 Å². The van der Waals surface area contributed by atoms with Gasteiger partial charge in [-0.05, 0) is 191 Å². The third kappa shape index (κ3) is 22.5. The second kappa shape index (κ2) is 41.7. The predicted octanol–water partition coefficient (Wildman–Crippen LogP) is 8.48. The summed E-state index contributed by atoms with van der Waals surface area (Å²) >= 11 is 0. The van der Waals surface area contributed by atoms with Crippen LogP contribution in [0.5, 0.6) is 0 Å². The number of allylic oxidation sites excluding steroid dienone is 8. The molecule has 0 spiro atoms. The van der Waals surface area contributed by atoms with Gasteiger partial charge in [0.2, 0.25) is 11.6 Å². The molecule has 8 rings (SSSR count). The Hall–Kier alpha value is -5.30. The van der Waals surface area contributed by atoms with Gasteiger partial charge in [0.1, 0.15) is 48.1 Å². The van der Waals surface area contributed by atoms with Gasteiger partial charge in [-0.1, -0.05) is 89.1 Å². The van der Waals surface area contributed by atoms with Crippen LogP contribution in [-0.4, -0.2) is 252 Å². The smallest absolute Gasteiger partial charge is 0.329 e. The number of aliphatic hydroxyl groups excluding tert-OH is 4. The number of hydrogen-bond acceptors (Lipinski definition) is 24. The van der Waals surface area contributed by atoms with E-state index < -0.39 is 180 Å². The zero-order valence-electron chi connectivity index (χ0n) is 69.4. The summed E-state index contributed by atoms with van der Waals surface area (Å²) < 4.78 is 61.2. The highest BCUT2D eigenvalue weighted by molar-refractivity contribution is 6.39. The molecular formula is C86H134N2O24. The maximum atomic E-state index is 15.3. The largest absolute Gasteiger partial charge is 0.456 e. The van der Waals surface area contributed by atoms with Crippen molar-refractivity contribution in [2.24, 2.45) is 59.2 Å². The van der Waals surface area contributed by atoms with Crippen LogP contribution in [0, 0.1) is 59.2 Å². The van der Waals surface area contributed by atoms with E-state index in [2.05, 4.69) is 0 Å². The molecule has 112 heavy (non-hydrogen) atoms. The number of rotatable bonds is 14. The minimum absolute atomic E-state index is 0.000702. The van der Waals surface area contributed by atoms with Gasteiger partial charge in [-0.2, -0.15) is 0 Å². The molecule has 26 nitrogen and oxygen atoms in total. The first-order valence-electron chi connectivity index (χ1n) is 41.3. The van der Waals surface area contributed by atoms with Crippen LogP contribution in [0.2, 0.25) is 0 Å². The summed E-state index contributed by atoms with van der Waals surface area (Å²) in [4.78, 5) is 122. The molecule has 0 radical (unpaired) electrons. The quantitative estimate of drug-likeness (QED) is 0.0539. The van der Waals surface area contributed by atoms with Gasteiger partial charge in [-0.3, -0.25) is 28.8 Å². The molecule has 8 aliphatic rings. The third-order valence-electron chi connectivity index (χ3n) is 25.9. The molecule has 28 atom stereocenters. The lowest BCUT2D eigenvalue weighted by Crippen LogP contribution is -2.64. The lowest BCUT2D eigenvalue weighted by Gasteiger charge is -2.47. The minimum Gasteiger partial charge on any atom is -0.456 e. The van der Waals surface area contributed by atoms with Crippen molar-refractivity contribution in [3.8, 4) is 0 Å². The zero-order chi connectivity index (χ0) is 82.4. The molecule has 26 heteroatoms. The van der Waals surface area contributed by atoms with Crippen molar-refractivity contribution in [1.82, 2.24) is 9.80 Å². The molecule has 6 heterocycles. The number of piperidine rings is 2. The van der Waals surface area contributed by atoms with Crippen LogP contribution < -0.4 is 0 Å². The Morgan fingerprint density at radius 1 is 0.455 bits per heavy atom. The Balaban J connectivity index is 1.16. The molecule has 0 aromatic carbocycles. The number of nitrogens with zero attached hydrogens (tertiary/aromatic N) is 2. The van der Waals surface area contributed by atoms with E-state index in [0.717, 1.165) is 20.9 Å². The molecule has 4 saturated heterocycles. The van der Waals surface area contributed by atoms with Gasteiger partial charge in [-0.15, -0.1) is 0 Å². The van der Waals surface area contributed by atoms with Crippen molar-refractivity contribution in [1.29, 1.82) is 0 Å². The molecule has 6 N–H and O–H groups in total. The number of hydrogen-bond donors (Lipinski definition) is 6. The normalized spacial score (nSPS) is 41.8. The summed E-state index contributed by atoms with van der Waals surface area (Å²) in [5.41, 5.74) is 2.73. The number of fused-ring (bicyclic) bond motifs is 6. The van der Waals surface area contributed by atoms with Crippen LogP contribution >= 0.6 is 0 Å². The number of ether oxygens (including phenoxy) is 10. The monoisotopic (exact) mass is 1580 g/mol. The number of Topliss-reactive ketones (excluding diaryl/α,β-unsaturated/α-hetero) is 4. The molecule has 632 valence electrons. The Kier molecular flexibility index (Phi) is 34.3. The van der Waals surface area contributed by atoms with Gasteiger partial charge < -0.3 is 87.8 Å². The van der Waals surface area contributed by atoms with Crippen molar-refractivity contribution in [3.05, 3.63) is 58.7 Å². The molecule has 2 saturated carbocycles. The van der Waals surface area contributed by atoms with Gasteiger partial charge in [0, 0.05) is 104 Å². The van der Waals surface area contributed by atoms with Crippen molar-refractivity contribution in [2.45, 2.75) is 320 Å². The number of carbonyl (C=O) groups is 8. The second-order valence-electron chi connectivity index (χ2n) is 34.4. The maximum Gasteiger partial charge on any atom is 0.329 e. The summed E-state index contributed by atoms with van der Waals surface area (Å²) in [5, 5.41) is 71.5. The Labute approximate surface area is 663 Å². The Morgan fingerprint density at radius 3 is 1.13 bits per heavy atom. The lowest BCUT2D eigenvalue weighted by molar-refractivity contribution is -0.302. The first kappa shape index (κ1) is 92.2. The van der Waals surface area contributed by atoms with E-state index in [-0.39, 0.29) is 99.7 Å². The number of aliphatic hydroxyl groups is 6. The summed E-state index contributed by atoms with van der Waals surface area (Å²) in [6.07, 6.45) is 5.17. The first-order valence-corrected chi connectivity index (χ1v) is 41.3. The summed E-state index contributed by atoms with van der Waals surface area (Å²) in [5.74, 6) is -18.4. The molecule has 0 unspecified atom stereocenters. The van der Waals surface area contributed by atoms with Crippen molar-refractivity contribution >= 4 is 46.9 Å². The fourth-order valence-electron chi connectivity index (χ4n) is 19.0. The lowest BCUT2D eigenvalue weighted by atomic mass is 9.81. The van der Waals surface area contributed by atoms with Crippen molar-refractivity contribution in [2.75, 3.05) is 55.7 Å². The molecule has 0 aromatic rings. The van der Waals surface area contributed by atoms with Gasteiger partial charge in [-0.25, -0.2) is 9.59 Å². The Bertz CT molecular complexity index is 3160. The summed E-state index contributed by atoms with van der Waals surface area (Å²) in [7, 11) is 9.04. The summed E-state index contributed by atoms with van der Waals surface area (Å²) in [6, 6.07) is -2.54. The van der Waals surface area contributed by atoms with Crippen LogP contribution in [0.1, 0.15) is 210 Å². The number of esters is 2. The van der Waals surface area contributed by atoms with E-state index in [4.69, 9.17) is 47.4 Å². The number of carbonyl (C=O) groups excluding carboxylic acids is 8. The van der Waals surface area contributed by atoms with Gasteiger partial charge >= 0.3 is 11.9 Å². The minimum atomic E-state index is -2.63. The average molecular weight is 1580 g/mol. The van der Waals surface area contributed by atoms with E-state index in [1.165, 1.54) is 42.7 Å². The standard InChI is InChI=1S/C86H134N2O24/c1-47-33-49(3)37-71(105-13)77-73(107-15)41-53(7)85(101,111-77)79(95)81(97)87-31-21-19-25-61(87)83(99)109-75(51(5)39-57-27-29-63(89)69(43-57)103-11)55(9)65(91)45-67(93)59(35-47)23-17-18-24-60-36-48(2)34-50(4)38-72(106-14)78-74(108-16)42-54(8)86(102,112-78)80(96)82(98)88-32-22-20-26-62(88)84(100)110-76(56(10)66(92)46-68(60)94)52(6)40-58-28-30-64(90)70(44-58)104-12/h17-18,35-36,39-40,49-50,53-66,69-78,89-92,101-102H,19-34,37-38,41-46H2,1-16H3/b18-17+,47-35+,48-36+,51-39+,52-40+/t49-,50-,53+,54+,55+,56+,57-,58-,59+,60+,61-,62-,63+,64+,65-,66-,69+,70+,71-,72-,73-,74-,75+,76+,77+,78+,85+,86+/m0/s1. The van der Waals surface area contributed by atoms with E-state index >= 15 is 9.59 Å². The molecule has 6 aliphatic heterocycles. The SMILES string of the molecule is CO[C@H]1C[C@@H](C)C/C(C)=C/[C@@H](C/C=C/C[C@@H]2/C=C(\C)C[C@H](C)C[C@H](OC)[C@H]3O[C@@](O)(C(=O)C(=O)N4CCCC[C@H]4C(=O)O[C@H](/C(C)=C/[C@@H]4CC[C@@H](O)[C@H](OC)C4)[C@H](C)[C@@H](O)CC2=O)[C@H](C)C[C@@H]3OC)C(=O)C[C@H](O)[C@@H](C)[C@@H](/C(C)=C/[C@@H]2CC[C@@H](O)[C@H](OC)C2)OC(=O)[C@@H]2CCCCN2C(=O)C(=O)[C@]2(O)O[C@H]1[C@@H](OC)C[C@H]2C. The third-order valence-corrected chi connectivity index (χ3v) is 25.9. The highest BCUT2D eigenvalue weighted by Gasteiger charge is 2.59. The number of cyclic esters (lactones) is 2. The van der Waals surface area contributed by atoms with Crippen molar-refractivity contribution < 1.29 is 116 Å². The molecular weight excluding hydrogens is 1440 g/mol. The highest BCUT2D eigenvalue weighted by Crippen LogP contribution is 2.43. The van der Waals surface area contributed by atoms with E-state index in [1.54, 1.807) is 41.5 Å². The predicted molar refractivity (Wildman–Crippen MR) is 414 cm³/mol. The fourth-order valence-corrected chi connectivity index (χ4v) is 19.0. The van der Waals surface area contributed by atoms with E-state index in [9.17, 15) is 59.4 Å². The van der Waals surface area contributed by atoms with Gasteiger partial charge in [0.05, 0.1) is 61.0 Å². The number of methoxy groups -OCH3 is 6. The zero-order valence-corrected chi connectivity index (χ0v) is 69.4. The molecule has 2 aliphatic carbocycles. The number of amides is 2. The van der Waals surface area contributed by atoms with Crippen molar-refractivity contribution in [3.63, 3.8) is 0 Å².